The lowest BCUT2D eigenvalue weighted by Crippen LogP contribution is -2.46. The second kappa shape index (κ2) is 10.6. The molecular formula is C26H24Cl2N4O5S. The van der Waals surface area contributed by atoms with Crippen LogP contribution in [0.2, 0.25) is 10.2 Å². The predicted octanol–water partition coefficient (Wildman–Crippen LogP) is 5.93. The van der Waals surface area contributed by atoms with Crippen LogP contribution in [-0.4, -0.2) is 36.0 Å². The van der Waals surface area contributed by atoms with E-state index < -0.39 is 21.1 Å². The lowest BCUT2D eigenvalue weighted by molar-refractivity contribution is 0.408. The van der Waals surface area contributed by atoms with Crippen molar-refractivity contribution >= 4 is 39.0 Å². The van der Waals surface area contributed by atoms with Gasteiger partial charge in [0.15, 0.2) is 16.8 Å². The van der Waals surface area contributed by atoms with E-state index in [1.807, 2.05) is 0 Å². The Morgan fingerprint density at radius 1 is 0.974 bits per heavy atom. The lowest BCUT2D eigenvalue weighted by atomic mass is 10.1. The van der Waals surface area contributed by atoms with Crippen molar-refractivity contribution in [2.75, 3.05) is 11.4 Å². The third-order valence-corrected chi connectivity index (χ3v) is 7.91. The Morgan fingerprint density at radius 3 is 2.32 bits per heavy atom. The van der Waals surface area contributed by atoms with Gasteiger partial charge in [-0.25, -0.2) is 22.7 Å². The maximum atomic E-state index is 14.0. The number of sulfonamides is 1. The van der Waals surface area contributed by atoms with Crippen LogP contribution in [0.25, 0.3) is 11.4 Å². The number of benzene rings is 2. The van der Waals surface area contributed by atoms with Crippen molar-refractivity contribution in [2.24, 2.45) is 0 Å². The zero-order chi connectivity index (χ0) is 27.7. The van der Waals surface area contributed by atoms with E-state index in [0.29, 0.717) is 11.3 Å². The largest absolute Gasteiger partial charge is 0.497 e. The van der Waals surface area contributed by atoms with Crippen molar-refractivity contribution in [3.8, 4) is 28.6 Å². The number of rotatable bonds is 7. The number of ether oxygens (including phenoxy) is 2. The van der Waals surface area contributed by atoms with Gasteiger partial charge in [-0.05, 0) is 51.1 Å². The Kier molecular flexibility index (Phi) is 7.68. The number of aromatic amines is 1. The molecular weight excluding hydrogens is 551 g/mol. The van der Waals surface area contributed by atoms with Crippen molar-refractivity contribution < 1.29 is 17.9 Å². The molecule has 9 nitrogen and oxygen atoms in total. The standard InChI is InChI=1S/C26H24Cl2N4O5S/c1-26(2,3)32(38(34,35)18-8-6-5-7-9-18)25-22(37-20-15-17(36-4)10-11-19(20)27)23(28)30-24(31-25)16-12-13-29-21(33)14-16/h5-15H,1-4H3,(H,29,33). The van der Waals surface area contributed by atoms with Gasteiger partial charge in [0.1, 0.15) is 11.5 Å². The van der Waals surface area contributed by atoms with Crippen molar-refractivity contribution in [3.63, 3.8) is 0 Å². The highest BCUT2D eigenvalue weighted by Crippen LogP contribution is 2.44. The molecule has 12 heteroatoms. The number of hydrogen-bond acceptors (Lipinski definition) is 7. The number of methoxy groups -OCH3 is 1. The molecule has 0 fully saturated rings. The Labute approximate surface area is 230 Å². The van der Waals surface area contributed by atoms with E-state index in [4.69, 9.17) is 32.7 Å². The second-order valence-electron chi connectivity index (χ2n) is 9.08. The van der Waals surface area contributed by atoms with Crippen LogP contribution in [0.5, 0.6) is 17.2 Å². The van der Waals surface area contributed by atoms with E-state index in [2.05, 4.69) is 15.0 Å². The van der Waals surface area contributed by atoms with E-state index in [-0.39, 0.29) is 38.2 Å². The van der Waals surface area contributed by atoms with Gasteiger partial charge in [-0.2, -0.15) is 0 Å². The predicted molar refractivity (Wildman–Crippen MR) is 147 cm³/mol. The first-order valence-corrected chi connectivity index (χ1v) is 13.5. The van der Waals surface area contributed by atoms with Crippen LogP contribution in [0.1, 0.15) is 20.8 Å². The highest BCUT2D eigenvalue weighted by atomic mass is 35.5. The molecule has 0 radical (unpaired) electrons. The van der Waals surface area contributed by atoms with E-state index in [1.54, 1.807) is 57.2 Å². The molecule has 4 aromatic rings. The minimum absolute atomic E-state index is 0.0256. The number of nitrogens with zero attached hydrogens (tertiary/aromatic N) is 3. The minimum atomic E-state index is -4.19. The maximum Gasteiger partial charge on any atom is 0.266 e. The summed E-state index contributed by atoms with van der Waals surface area (Å²) in [7, 11) is -2.71. The summed E-state index contributed by atoms with van der Waals surface area (Å²) in [6, 6.07) is 15.5. The first-order valence-electron chi connectivity index (χ1n) is 11.3. The van der Waals surface area contributed by atoms with Crippen molar-refractivity contribution in [1.82, 2.24) is 15.0 Å². The van der Waals surface area contributed by atoms with Gasteiger partial charge in [0.25, 0.3) is 10.0 Å². The van der Waals surface area contributed by atoms with Gasteiger partial charge < -0.3 is 14.5 Å². The van der Waals surface area contributed by atoms with E-state index in [0.717, 1.165) is 4.31 Å². The Morgan fingerprint density at radius 2 is 1.68 bits per heavy atom. The number of aromatic nitrogens is 3. The average Bonchev–Trinajstić information content (AvgIpc) is 2.86. The second-order valence-corrected chi connectivity index (χ2v) is 11.6. The zero-order valence-corrected chi connectivity index (χ0v) is 23.2. The molecule has 38 heavy (non-hydrogen) atoms. The first kappa shape index (κ1) is 27.4. The summed E-state index contributed by atoms with van der Waals surface area (Å²) in [5.41, 5.74) is -1.11. The van der Waals surface area contributed by atoms with Crippen LogP contribution in [0.15, 0.2) is 76.6 Å². The van der Waals surface area contributed by atoms with E-state index >= 15 is 0 Å². The Bertz CT molecular complexity index is 1640. The Hall–Kier alpha value is -3.60. The summed E-state index contributed by atoms with van der Waals surface area (Å²) in [6.07, 6.45) is 1.43. The lowest BCUT2D eigenvalue weighted by Gasteiger charge is -2.36. The Balaban J connectivity index is 2.02. The monoisotopic (exact) mass is 574 g/mol. The number of hydrogen-bond donors (Lipinski definition) is 1. The zero-order valence-electron chi connectivity index (χ0n) is 20.9. The summed E-state index contributed by atoms with van der Waals surface area (Å²) in [5.74, 6) is 0.332. The molecule has 2 heterocycles. The van der Waals surface area contributed by atoms with Crippen LogP contribution < -0.4 is 19.3 Å². The van der Waals surface area contributed by atoms with Gasteiger partial charge in [0.2, 0.25) is 11.3 Å². The molecule has 198 valence electrons. The molecule has 0 spiro atoms. The fourth-order valence-electron chi connectivity index (χ4n) is 3.64. The van der Waals surface area contributed by atoms with Crippen LogP contribution >= 0.6 is 23.2 Å². The molecule has 0 aliphatic heterocycles. The molecule has 2 aromatic heterocycles. The number of halogens is 2. The topological polar surface area (TPSA) is 114 Å². The van der Waals surface area contributed by atoms with Crippen molar-refractivity contribution in [3.05, 3.63) is 87.4 Å². The molecule has 0 aliphatic carbocycles. The van der Waals surface area contributed by atoms with Crippen LogP contribution in [0.4, 0.5) is 5.82 Å². The molecule has 0 amide bonds. The highest BCUT2D eigenvalue weighted by Gasteiger charge is 2.39. The van der Waals surface area contributed by atoms with Crippen LogP contribution in [0, 0.1) is 0 Å². The highest BCUT2D eigenvalue weighted by molar-refractivity contribution is 7.92. The van der Waals surface area contributed by atoms with Gasteiger partial charge in [-0.1, -0.05) is 41.4 Å². The number of nitrogens with one attached hydrogen (secondary N) is 1. The van der Waals surface area contributed by atoms with E-state index in [9.17, 15) is 13.2 Å². The third-order valence-electron chi connectivity index (χ3n) is 5.27. The van der Waals surface area contributed by atoms with Gasteiger partial charge in [0, 0.05) is 29.4 Å². The molecule has 0 atom stereocenters. The SMILES string of the molecule is COc1ccc(Cl)c(Oc2c(Cl)nc(-c3cc[nH]c(=O)c3)nc2N(C(C)(C)C)S(=O)(=O)c2ccccc2)c1. The maximum absolute atomic E-state index is 14.0. The van der Waals surface area contributed by atoms with E-state index in [1.165, 1.54) is 37.6 Å². The van der Waals surface area contributed by atoms with Crippen molar-refractivity contribution in [2.45, 2.75) is 31.2 Å². The molecule has 2 aromatic carbocycles. The third kappa shape index (κ3) is 5.62. The summed E-state index contributed by atoms with van der Waals surface area (Å²) in [5, 5.41) is 0.0291. The van der Waals surface area contributed by atoms with Gasteiger partial charge >= 0.3 is 0 Å². The quantitative estimate of drug-likeness (QED) is 0.272. The summed E-state index contributed by atoms with van der Waals surface area (Å²) < 4.78 is 40.5. The number of pyridine rings is 1. The van der Waals surface area contributed by atoms with Gasteiger partial charge in [-0.3, -0.25) is 4.79 Å². The molecule has 0 unspecified atom stereocenters. The number of H-pyrrole nitrogens is 1. The summed E-state index contributed by atoms with van der Waals surface area (Å²) in [6.45, 7) is 5.12. The van der Waals surface area contributed by atoms with Gasteiger partial charge in [-0.15, -0.1) is 0 Å². The first-order chi connectivity index (χ1) is 17.9. The molecule has 0 saturated heterocycles. The molecule has 4 rings (SSSR count). The normalized spacial score (nSPS) is 11.7. The average molecular weight is 575 g/mol. The molecule has 0 bridgehead atoms. The number of anilines is 1. The minimum Gasteiger partial charge on any atom is -0.497 e. The van der Waals surface area contributed by atoms with Gasteiger partial charge in [0.05, 0.1) is 17.0 Å². The van der Waals surface area contributed by atoms with Crippen LogP contribution in [-0.2, 0) is 10.0 Å². The van der Waals surface area contributed by atoms with Crippen LogP contribution in [0.3, 0.4) is 0 Å². The van der Waals surface area contributed by atoms with Crippen molar-refractivity contribution in [1.29, 1.82) is 0 Å². The molecule has 0 aliphatic rings. The summed E-state index contributed by atoms with van der Waals surface area (Å²) >= 11 is 13.0. The molecule has 1 N–H and O–H groups in total. The fraction of sp³-hybridized carbons (Fsp3) is 0.192. The molecule has 0 saturated carbocycles. The fourth-order valence-corrected chi connectivity index (χ4v) is 5.78. The smallest absolute Gasteiger partial charge is 0.266 e. The summed E-state index contributed by atoms with van der Waals surface area (Å²) in [4.78, 5) is 23.4.